The number of benzene rings is 2. The van der Waals surface area contributed by atoms with Crippen LogP contribution in [0.5, 0.6) is 0 Å². The average molecular weight is 285 g/mol. The van der Waals surface area contributed by atoms with Crippen LogP contribution < -0.4 is 0 Å². The molecule has 0 fully saturated rings. The largest absolute Gasteiger partial charge is 0.306 e. The molecule has 4 heteroatoms. The van der Waals surface area contributed by atoms with Crippen LogP contribution in [0.1, 0.15) is 5.56 Å². The second-order valence-electron chi connectivity index (χ2n) is 3.26. The highest BCUT2D eigenvalue weighted by molar-refractivity contribution is 9.10. The fourth-order valence-electron chi connectivity index (χ4n) is 1.51. The second-order valence-corrected chi connectivity index (χ2v) is 5.05. The van der Waals surface area contributed by atoms with E-state index in [9.17, 15) is 4.21 Å². The molecule has 1 N–H and O–H groups in total. The van der Waals surface area contributed by atoms with Gasteiger partial charge in [-0.1, -0.05) is 40.2 Å². The third-order valence-corrected chi connectivity index (χ3v) is 3.46. The minimum atomic E-state index is -1.78. The van der Waals surface area contributed by atoms with Crippen molar-refractivity contribution < 1.29 is 8.76 Å². The van der Waals surface area contributed by atoms with E-state index in [2.05, 4.69) is 15.9 Å². The summed E-state index contributed by atoms with van der Waals surface area (Å²) in [4.78, 5) is 0. The molecule has 15 heavy (non-hydrogen) atoms. The topological polar surface area (TPSA) is 37.3 Å². The van der Waals surface area contributed by atoms with Crippen LogP contribution in [0.15, 0.2) is 40.9 Å². The Kier molecular flexibility index (Phi) is 3.19. The Labute approximate surface area is 98.7 Å². The van der Waals surface area contributed by atoms with Crippen LogP contribution >= 0.6 is 15.9 Å². The number of rotatable bonds is 2. The second kappa shape index (κ2) is 4.43. The summed E-state index contributed by atoms with van der Waals surface area (Å²) in [5, 5.41) is 2.19. The van der Waals surface area contributed by atoms with Crippen LogP contribution in [0.4, 0.5) is 0 Å². The summed E-state index contributed by atoms with van der Waals surface area (Å²) in [7, 11) is 0. The minimum absolute atomic E-state index is 0.178. The molecule has 0 saturated carbocycles. The molecule has 0 bridgehead atoms. The van der Waals surface area contributed by atoms with Gasteiger partial charge in [0.1, 0.15) is 0 Å². The summed E-state index contributed by atoms with van der Waals surface area (Å²) >= 11 is 1.68. The summed E-state index contributed by atoms with van der Waals surface area (Å²) in [6, 6.07) is 11.7. The maximum absolute atomic E-state index is 10.7. The molecule has 1 atom stereocenters. The van der Waals surface area contributed by atoms with Gasteiger partial charge in [-0.15, -0.1) is 0 Å². The van der Waals surface area contributed by atoms with E-state index in [0.717, 1.165) is 20.8 Å². The molecule has 0 aliphatic carbocycles. The van der Waals surface area contributed by atoms with E-state index in [4.69, 9.17) is 4.55 Å². The van der Waals surface area contributed by atoms with E-state index in [1.165, 1.54) is 0 Å². The Morgan fingerprint density at radius 2 is 2.07 bits per heavy atom. The van der Waals surface area contributed by atoms with E-state index in [1.54, 1.807) is 0 Å². The molecule has 0 radical (unpaired) electrons. The SMILES string of the molecule is O=S(O)Cc1ccc2cccc(Br)c2c1. The van der Waals surface area contributed by atoms with Crippen LogP contribution in [0.3, 0.4) is 0 Å². The van der Waals surface area contributed by atoms with Crippen LogP contribution in [0.2, 0.25) is 0 Å². The van der Waals surface area contributed by atoms with Crippen molar-refractivity contribution in [2.45, 2.75) is 5.75 Å². The molecule has 0 aliphatic rings. The Hall–Kier alpha value is -0.710. The van der Waals surface area contributed by atoms with Gasteiger partial charge in [0, 0.05) is 4.47 Å². The molecule has 2 nitrogen and oxygen atoms in total. The quantitative estimate of drug-likeness (QED) is 0.859. The van der Waals surface area contributed by atoms with Gasteiger partial charge in [0.05, 0.1) is 5.75 Å². The fourth-order valence-corrected chi connectivity index (χ4v) is 2.47. The first-order chi connectivity index (χ1) is 7.16. The summed E-state index contributed by atoms with van der Waals surface area (Å²) in [6.07, 6.45) is 0. The van der Waals surface area contributed by atoms with Gasteiger partial charge in [0.2, 0.25) is 0 Å². The molecule has 0 amide bonds. The maximum Gasteiger partial charge on any atom is 0.157 e. The predicted octanol–water partition coefficient (Wildman–Crippen LogP) is 3.32. The highest BCUT2D eigenvalue weighted by Crippen LogP contribution is 2.25. The zero-order valence-corrected chi connectivity index (χ0v) is 10.2. The molecule has 0 saturated heterocycles. The lowest BCUT2D eigenvalue weighted by Gasteiger charge is -2.03. The zero-order chi connectivity index (χ0) is 10.8. The highest BCUT2D eigenvalue weighted by Gasteiger charge is 2.02. The van der Waals surface area contributed by atoms with Crippen molar-refractivity contribution in [2.24, 2.45) is 0 Å². The molecule has 2 aromatic rings. The first kappa shape index (κ1) is 10.8. The molecule has 0 spiro atoms. The first-order valence-corrected chi connectivity index (χ1v) is 6.48. The van der Waals surface area contributed by atoms with Crippen molar-refractivity contribution in [1.29, 1.82) is 0 Å². The van der Waals surface area contributed by atoms with Gasteiger partial charge in [0.25, 0.3) is 0 Å². The van der Waals surface area contributed by atoms with Gasteiger partial charge in [-0.05, 0) is 28.5 Å². The lowest BCUT2D eigenvalue weighted by molar-refractivity contribution is 0.563. The number of hydrogen-bond acceptors (Lipinski definition) is 1. The van der Waals surface area contributed by atoms with Gasteiger partial charge in [-0.2, -0.15) is 0 Å². The first-order valence-electron chi connectivity index (χ1n) is 4.41. The molecule has 78 valence electrons. The molecule has 0 aromatic heterocycles. The van der Waals surface area contributed by atoms with Gasteiger partial charge in [-0.3, -0.25) is 0 Å². The van der Waals surface area contributed by atoms with Crippen LogP contribution in [0, 0.1) is 0 Å². The Balaban J connectivity index is 2.54. The smallest absolute Gasteiger partial charge is 0.157 e. The lowest BCUT2D eigenvalue weighted by Crippen LogP contribution is -1.92. The summed E-state index contributed by atoms with van der Waals surface area (Å²) in [5.74, 6) is 0.178. The van der Waals surface area contributed by atoms with Crippen LogP contribution in [-0.2, 0) is 16.8 Å². The van der Waals surface area contributed by atoms with Crippen molar-refractivity contribution >= 4 is 37.8 Å². The molecular formula is C11H9BrO2S. The Bertz CT molecular complexity index is 525. The Morgan fingerprint density at radius 3 is 2.80 bits per heavy atom. The van der Waals surface area contributed by atoms with Crippen molar-refractivity contribution in [2.75, 3.05) is 0 Å². The van der Waals surface area contributed by atoms with Crippen molar-refractivity contribution in [3.8, 4) is 0 Å². The third-order valence-electron chi connectivity index (χ3n) is 2.18. The van der Waals surface area contributed by atoms with Crippen molar-refractivity contribution in [3.05, 3.63) is 46.4 Å². The van der Waals surface area contributed by atoms with Gasteiger partial charge in [0.15, 0.2) is 11.1 Å². The van der Waals surface area contributed by atoms with Crippen molar-refractivity contribution in [3.63, 3.8) is 0 Å². The normalized spacial score (nSPS) is 12.9. The molecule has 1 unspecified atom stereocenters. The molecule has 2 rings (SSSR count). The predicted molar refractivity (Wildman–Crippen MR) is 66.1 cm³/mol. The summed E-state index contributed by atoms with van der Waals surface area (Å²) in [6.45, 7) is 0. The Morgan fingerprint density at radius 1 is 1.27 bits per heavy atom. The van der Waals surface area contributed by atoms with Crippen LogP contribution in [0.25, 0.3) is 10.8 Å². The number of halogens is 1. The average Bonchev–Trinajstić information content (AvgIpc) is 2.18. The molecule has 0 heterocycles. The van der Waals surface area contributed by atoms with E-state index in [0.29, 0.717) is 0 Å². The number of fused-ring (bicyclic) bond motifs is 1. The van der Waals surface area contributed by atoms with E-state index in [1.807, 2.05) is 36.4 Å². The lowest BCUT2D eigenvalue weighted by atomic mass is 10.1. The zero-order valence-electron chi connectivity index (χ0n) is 7.81. The summed E-state index contributed by atoms with van der Waals surface area (Å²) in [5.41, 5.74) is 0.871. The van der Waals surface area contributed by atoms with Gasteiger partial charge in [-0.25, -0.2) is 4.21 Å². The minimum Gasteiger partial charge on any atom is -0.306 e. The molecule has 2 aromatic carbocycles. The van der Waals surface area contributed by atoms with E-state index >= 15 is 0 Å². The van der Waals surface area contributed by atoms with Gasteiger partial charge < -0.3 is 4.55 Å². The van der Waals surface area contributed by atoms with E-state index < -0.39 is 11.1 Å². The summed E-state index contributed by atoms with van der Waals surface area (Å²) < 4.78 is 20.5. The standard InChI is InChI=1S/C11H9BrO2S/c12-11-3-1-2-9-5-4-8(6-10(9)11)7-15(13)14/h1-6H,7H2,(H,13,14). The van der Waals surface area contributed by atoms with E-state index in [-0.39, 0.29) is 5.75 Å². The number of hydrogen-bond donors (Lipinski definition) is 1. The van der Waals surface area contributed by atoms with Crippen LogP contribution in [-0.4, -0.2) is 8.76 Å². The maximum atomic E-state index is 10.7. The molecule has 0 aliphatic heterocycles. The van der Waals surface area contributed by atoms with Crippen molar-refractivity contribution in [1.82, 2.24) is 0 Å². The monoisotopic (exact) mass is 284 g/mol. The molecular weight excluding hydrogens is 276 g/mol. The fraction of sp³-hybridized carbons (Fsp3) is 0.0909. The van der Waals surface area contributed by atoms with Gasteiger partial charge >= 0.3 is 0 Å². The highest BCUT2D eigenvalue weighted by atomic mass is 79.9. The third kappa shape index (κ3) is 2.45.